The second-order valence-electron chi connectivity index (χ2n) is 6.62. The van der Waals surface area contributed by atoms with Gasteiger partial charge in [0.25, 0.3) is 0 Å². The molecule has 0 saturated carbocycles. The number of hydrogen-bond donors (Lipinski definition) is 1. The van der Waals surface area contributed by atoms with Crippen molar-refractivity contribution in [2.75, 3.05) is 18.0 Å². The highest BCUT2D eigenvalue weighted by Crippen LogP contribution is 2.33. The number of nitrogens with one attached hydrogen (secondary N) is 1. The number of anilines is 1. The number of ether oxygens (including phenoxy) is 1. The molecule has 1 saturated heterocycles. The lowest BCUT2D eigenvalue weighted by Crippen LogP contribution is -2.53. The number of aromatic nitrogens is 1. The minimum absolute atomic E-state index is 0.135. The van der Waals surface area contributed by atoms with E-state index in [0.29, 0.717) is 18.7 Å². The third kappa shape index (κ3) is 4.58. The van der Waals surface area contributed by atoms with Crippen molar-refractivity contribution in [1.82, 2.24) is 10.3 Å². The van der Waals surface area contributed by atoms with Crippen LogP contribution in [0, 0.1) is 11.7 Å². The fourth-order valence-corrected chi connectivity index (χ4v) is 3.97. The van der Waals surface area contributed by atoms with E-state index in [4.69, 9.17) is 0 Å². The van der Waals surface area contributed by atoms with E-state index in [1.165, 1.54) is 47.7 Å². The van der Waals surface area contributed by atoms with Crippen LogP contribution < -0.4 is 15.0 Å². The molecule has 1 aliphatic heterocycles. The molecule has 0 unspecified atom stereocenters. The summed E-state index contributed by atoms with van der Waals surface area (Å²) < 4.78 is 54.3. The van der Waals surface area contributed by atoms with Gasteiger partial charge in [-0.3, -0.25) is 4.79 Å². The Hall–Kier alpha value is -2.88. The van der Waals surface area contributed by atoms with Gasteiger partial charge in [0.1, 0.15) is 11.6 Å². The van der Waals surface area contributed by atoms with Gasteiger partial charge < -0.3 is 15.0 Å². The molecule has 2 heterocycles. The van der Waals surface area contributed by atoms with E-state index in [2.05, 4.69) is 15.0 Å². The van der Waals surface area contributed by atoms with E-state index < -0.39 is 6.36 Å². The van der Waals surface area contributed by atoms with Crippen molar-refractivity contribution in [3.8, 4) is 5.75 Å². The summed E-state index contributed by atoms with van der Waals surface area (Å²) in [5, 5.41) is 3.52. The summed E-state index contributed by atoms with van der Waals surface area (Å²) in [6.07, 6.45) is -4.73. The number of nitrogens with zero attached hydrogens (tertiary/aromatic N) is 2. The minimum atomic E-state index is -4.73. The van der Waals surface area contributed by atoms with Gasteiger partial charge in [-0.1, -0.05) is 23.5 Å². The molecular weight excluding hydrogens is 410 g/mol. The van der Waals surface area contributed by atoms with Crippen molar-refractivity contribution >= 4 is 32.6 Å². The lowest BCUT2D eigenvalue weighted by molar-refractivity contribution is -0.274. The number of carbonyl (C=O) groups excluding carboxylic acids is 1. The molecule has 3 aromatic rings. The van der Waals surface area contributed by atoms with Crippen molar-refractivity contribution in [3.63, 3.8) is 0 Å². The maximum Gasteiger partial charge on any atom is 0.573 e. The second kappa shape index (κ2) is 7.51. The number of halogens is 4. The van der Waals surface area contributed by atoms with E-state index >= 15 is 0 Å². The molecule has 29 heavy (non-hydrogen) atoms. The van der Waals surface area contributed by atoms with Crippen LogP contribution in [-0.2, 0) is 11.3 Å². The molecule has 1 amide bonds. The van der Waals surface area contributed by atoms with Crippen molar-refractivity contribution in [3.05, 3.63) is 53.8 Å². The van der Waals surface area contributed by atoms with Gasteiger partial charge in [-0.05, 0) is 35.9 Å². The van der Waals surface area contributed by atoms with E-state index in [-0.39, 0.29) is 29.9 Å². The zero-order valence-electron chi connectivity index (χ0n) is 14.9. The number of thiazole rings is 1. The van der Waals surface area contributed by atoms with Crippen LogP contribution in [0.3, 0.4) is 0 Å². The Morgan fingerprint density at radius 3 is 2.62 bits per heavy atom. The Labute approximate surface area is 166 Å². The predicted molar refractivity (Wildman–Crippen MR) is 100 cm³/mol. The molecule has 0 atom stereocenters. The number of carbonyl (C=O) groups is 1. The molecule has 4 rings (SSSR count). The molecule has 2 aromatic carbocycles. The first-order valence-corrected chi connectivity index (χ1v) is 9.52. The van der Waals surface area contributed by atoms with Gasteiger partial charge in [0, 0.05) is 19.6 Å². The lowest BCUT2D eigenvalue weighted by atomic mass is 10.00. The first kappa shape index (κ1) is 19.4. The Bertz CT molecular complexity index is 1030. The van der Waals surface area contributed by atoms with Crippen LogP contribution in [0.1, 0.15) is 5.56 Å². The highest BCUT2D eigenvalue weighted by molar-refractivity contribution is 7.22. The normalized spacial score (nSPS) is 14.7. The standard InChI is InChI=1S/C19H15F4N3O2S/c20-13-3-6-15-16(7-13)29-18(25-15)26-9-12(10-26)17(27)24-8-11-1-4-14(5-2-11)28-19(21,22)23/h1-7,12H,8-10H2,(H,24,27). The molecule has 5 nitrogen and oxygen atoms in total. The van der Waals surface area contributed by atoms with Crippen LogP contribution in [0.2, 0.25) is 0 Å². The monoisotopic (exact) mass is 425 g/mol. The minimum Gasteiger partial charge on any atom is -0.406 e. The molecular formula is C19H15F4N3O2S. The molecule has 1 fully saturated rings. The van der Waals surface area contributed by atoms with Gasteiger partial charge >= 0.3 is 6.36 Å². The van der Waals surface area contributed by atoms with E-state index in [1.54, 1.807) is 6.07 Å². The number of alkyl halides is 3. The highest BCUT2D eigenvalue weighted by Gasteiger charge is 2.34. The Morgan fingerprint density at radius 2 is 1.93 bits per heavy atom. The topological polar surface area (TPSA) is 54.5 Å². The zero-order valence-corrected chi connectivity index (χ0v) is 15.7. The number of benzene rings is 2. The first-order valence-electron chi connectivity index (χ1n) is 8.70. The van der Waals surface area contributed by atoms with Crippen molar-refractivity contribution < 1.29 is 27.1 Å². The van der Waals surface area contributed by atoms with Gasteiger partial charge in [-0.2, -0.15) is 0 Å². The highest BCUT2D eigenvalue weighted by atomic mass is 32.1. The molecule has 0 bridgehead atoms. The van der Waals surface area contributed by atoms with Crippen LogP contribution in [0.25, 0.3) is 10.2 Å². The SMILES string of the molecule is O=C(NCc1ccc(OC(F)(F)F)cc1)C1CN(c2nc3ccc(F)cc3s2)C1. The summed E-state index contributed by atoms with van der Waals surface area (Å²) >= 11 is 1.38. The third-order valence-corrected chi connectivity index (χ3v) is 5.56. The van der Waals surface area contributed by atoms with E-state index in [9.17, 15) is 22.4 Å². The largest absolute Gasteiger partial charge is 0.573 e. The van der Waals surface area contributed by atoms with Crippen LogP contribution in [0.5, 0.6) is 5.75 Å². The molecule has 0 spiro atoms. The smallest absolute Gasteiger partial charge is 0.406 e. The molecule has 1 aromatic heterocycles. The molecule has 0 aliphatic carbocycles. The third-order valence-electron chi connectivity index (χ3n) is 4.49. The predicted octanol–water partition coefficient (Wildman–Crippen LogP) is 4.09. The summed E-state index contributed by atoms with van der Waals surface area (Å²) in [5.41, 5.74) is 1.38. The number of rotatable bonds is 5. The summed E-state index contributed by atoms with van der Waals surface area (Å²) in [5.74, 6) is -0.958. The summed E-state index contributed by atoms with van der Waals surface area (Å²) in [4.78, 5) is 18.7. The molecule has 0 radical (unpaired) electrons. The van der Waals surface area contributed by atoms with E-state index in [0.717, 1.165) is 15.3 Å². The average Bonchev–Trinajstić information content (AvgIpc) is 3.01. The first-order chi connectivity index (χ1) is 13.8. The molecule has 10 heteroatoms. The summed E-state index contributed by atoms with van der Waals surface area (Å²) in [6.45, 7) is 1.22. The Morgan fingerprint density at radius 1 is 1.21 bits per heavy atom. The van der Waals surface area contributed by atoms with Crippen molar-refractivity contribution in [2.24, 2.45) is 5.92 Å². The Balaban J connectivity index is 1.27. The van der Waals surface area contributed by atoms with E-state index in [1.807, 2.05) is 4.90 Å². The summed E-state index contributed by atoms with van der Waals surface area (Å²) in [7, 11) is 0. The number of fused-ring (bicyclic) bond motifs is 1. The summed E-state index contributed by atoms with van der Waals surface area (Å²) in [6, 6.07) is 9.76. The number of amides is 1. The van der Waals surface area contributed by atoms with Crippen molar-refractivity contribution in [2.45, 2.75) is 12.9 Å². The van der Waals surface area contributed by atoms with Crippen LogP contribution in [0.4, 0.5) is 22.7 Å². The van der Waals surface area contributed by atoms with Gasteiger partial charge in [-0.25, -0.2) is 9.37 Å². The fourth-order valence-electron chi connectivity index (χ4n) is 2.96. The lowest BCUT2D eigenvalue weighted by Gasteiger charge is -2.37. The molecule has 152 valence electrons. The maximum atomic E-state index is 13.3. The zero-order chi connectivity index (χ0) is 20.6. The van der Waals surface area contributed by atoms with Gasteiger partial charge in [0.2, 0.25) is 5.91 Å². The fraction of sp³-hybridized carbons (Fsp3) is 0.263. The molecule has 1 aliphatic rings. The Kier molecular flexibility index (Phi) is 5.03. The van der Waals surface area contributed by atoms with Crippen LogP contribution >= 0.6 is 11.3 Å². The van der Waals surface area contributed by atoms with Gasteiger partial charge in [-0.15, -0.1) is 13.2 Å². The quantitative estimate of drug-likeness (QED) is 0.626. The van der Waals surface area contributed by atoms with Crippen LogP contribution in [-0.4, -0.2) is 30.3 Å². The maximum absolute atomic E-state index is 13.3. The molecule has 1 N–H and O–H groups in total. The van der Waals surface area contributed by atoms with Crippen molar-refractivity contribution in [1.29, 1.82) is 0 Å². The van der Waals surface area contributed by atoms with Gasteiger partial charge in [0.05, 0.1) is 16.1 Å². The van der Waals surface area contributed by atoms with Gasteiger partial charge in [0.15, 0.2) is 5.13 Å². The average molecular weight is 425 g/mol. The second-order valence-corrected chi connectivity index (χ2v) is 7.63. The van der Waals surface area contributed by atoms with Crippen LogP contribution in [0.15, 0.2) is 42.5 Å². The number of hydrogen-bond acceptors (Lipinski definition) is 5.